The zero-order chi connectivity index (χ0) is 27.2. The molecule has 6 aromatic carbocycles. The number of carbonyl (C=O) groups excluding carboxylic acids is 2. The number of thiophene rings is 2. The van der Waals surface area contributed by atoms with Gasteiger partial charge in [-0.3, -0.25) is 0 Å². The lowest BCUT2D eigenvalue weighted by molar-refractivity contribution is 0.0444. The molecule has 0 aliphatic carbocycles. The SMILES string of the molecule is O=C1OC(=O)c2c1c(-c1ccccc1)c1c(c2-c2ccccc2)c2c3ccccc3sc2c2sc3ccccc3c21. The molecule has 1 aliphatic heterocycles. The van der Waals surface area contributed by atoms with Gasteiger partial charge in [0, 0.05) is 52.8 Å². The number of hydrogen-bond acceptors (Lipinski definition) is 5. The second kappa shape index (κ2) is 8.33. The van der Waals surface area contributed by atoms with Crippen molar-refractivity contribution in [1.82, 2.24) is 0 Å². The highest BCUT2D eigenvalue weighted by molar-refractivity contribution is 7.33. The summed E-state index contributed by atoms with van der Waals surface area (Å²) in [5, 5.41) is 6.50. The standard InChI is InChI=1S/C36H18O3S2/c37-35-31-25(19-11-3-1-4-12-19)29-27-21-15-7-9-17-23(21)40-33(27)34-28(22-16-8-10-18-24(22)41-34)30(29)26(32(31)36(38)39-35)20-13-5-2-6-14-20/h1-18H. The number of benzene rings is 6. The highest BCUT2D eigenvalue weighted by atomic mass is 32.1. The van der Waals surface area contributed by atoms with Gasteiger partial charge >= 0.3 is 11.9 Å². The Morgan fingerprint density at radius 2 is 0.805 bits per heavy atom. The zero-order valence-corrected chi connectivity index (χ0v) is 23.1. The second-order valence-electron chi connectivity index (χ2n) is 10.3. The molecule has 41 heavy (non-hydrogen) atoms. The number of ether oxygens (including phenoxy) is 1. The lowest BCUT2D eigenvalue weighted by atomic mass is 9.81. The van der Waals surface area contributed by atoms with E-state index in [1.807, 2.05) is 60.7 Å². The molecule has 0 atom stereocenters. The van der Waals surface area contributed by atoms with E-state index in [4.69, 9.17) is 4.74 Å². The molecule has 0 N–H and O–H groups in total. The lowest BCUT2D eigenvalue weighted by Gasteiger charge is -2.19. The first-order chi connectivity index (χ1) is 20.2. The van der Waals surface area contributed by atoms with Crippen LogP contribution in [0.5, 0.6) is 0 Å². The Labute approximate surface area is 241 Å². The minimum Gasteiger partial charge on any atom is -0.386 e. The van der Waals surface area contributed by atoms with Crippen molar-refractivity contribution >= 4 is 85.7 Å². The van der Waals surface area contributed by atoms with Gasteiger partial charge in [-0.2, -0.15) is 0 Å². The summed E-state index contributed by atoms with van der Waals surface area (Å²) >= 11 is 3.58. The van der Waals surface area contributed by atoms with Crippen molar-refractivity contribution in [1.29, 1.82) is 0 Å². The van der Waals surface area contributed by atoms with Crippen LogP contribution >= 0.6 is 22.7 Å². The number of carbonyl (C=O) groups is 2. The molecule has 5 heteroatoms. The number of fused-ring (bicyclic) bond motifs is 11. The Bertz CT molecular complexity index is 2250. The molecule has 8 aromatic rings. The fourth-order valence-corrected chi connectivity index (χ4v) is 9.10. The fraction of sp³-hybridized carbons (Fsp3) is 0. The van der Waals surface area contributed by atoms with Crippen molar-refractivity contribution in [2.75, 3.05) is 0 Å². The minimum absolute atomic E-state index is 0.350. The number of rotatable bonds is 2. The first-order valence-corrected chi connectivity index (χ1v) is 15.0. The Kier molecular flexibility index (Phi) is 4.66. The maximum Gasteiger partial charge on any atom is 0.347 e. The smallest absolute Gasteiger partial charge is 0.347 e. The lowest BCUT2D eigenvalue weighted by Crippen LogP contribution is -2.02. The van der Waals surface area contributed by atoms with Crippen LogP contribution in [0, 0.1) is 0 Å². The van der Waals surface area contributed by atoms with E-state index in [0.717, 1.165) is 54.6 Å². The van der Waals surface area contributed by atoms with Gasteiger partial charge in [-0.05, 0) is 23.3 Å². The Hall–Kier alpha value is -4.84. The third kappa shape index (κ3) is 3.02. The van der Waals surface area contributed by atoms with Crippen LogP contribution in [0.15, 0.2) is 109 Å². The summed E-state index contributed by atoms with van der Waals surface area (Å²) in [7, 11) is 0. The highest BCUT2D eigenvalue weighted by Gasteiger charge is 2.39. The zero-order valence-electron chi connectivity index (χ0n) is 21.4. The van der Waals surface area contributed by atoms with Gasteiger partial charge in [0.15, 0.2) is 0 Å². The van der Waals surface area contributed by atoms with E-state index in [1.54, 1.807) is 22.7 Å². The van der Waals surface area contributed by atoms with Gasteiger partial charge < -0.3 is 4.74 Å². The Morgan fingerprint density at radius 3 is 1.24 bits per heavy atom. The molecule has 0 bridgehead atoms. The fourth-order valence-electron chi connectivity index (χ4n) is 6.54. The third-order valence-electron chi connectivity index (χ3n) is 8.12. The van der Waals surface area contributed by atoms with Crippen LogP contribution in [0.25, 0.3) is 73.4 Å². The van der Waals surface area contributed by atoms with E-state index in [9.17, 15) is 9.59 Å². The molecule has 0 fully saturated rings. The molecule has 3 nitrogen and oxygen atoms in total. The molecule has 0 saturated heterocycles. The normalized spacial score (nSPS) is 13.2. The van der Waals surface area contributed by atoms with E-state index in [2.05, 4.69) is 48.5 Å². The molecule has 1 aliphatic rings. The van der Waals surface area contributed by atoms with E-state index in [0.29, 0.717) is 11.1 Å². The molecule has 0 radical (unpaired) electrons. The molecule has 192 valence electrons. The van der Waals surface area contributed by atoms with Gasteiger partial charge in [0.25, 0.3) is 0 Å². The van der Waals surface area contributed by atoms with E-state index in [-0.39, 0.29) is 0 Å². The van der Waals surface area contributed by atoms with Crippen LogP contribution in [-0.4, -0.2) is 11.9 Å². The molecule has 2 aromatic heterocycles. The molecule has 3 heterocycles. The average Bonchev–Trinajstić information content (AvgIpc) is 3.68. The average molecular weight is 563 g/mol. The largest absolute Gasteiger partial charge is 0.386 e. The molecule has 9 rings (SSSR count). The molecular formula is C36H18O3S2. The maximum absolute atomic E-state index is 13.6. The van der Waals surface area contributed by atoms with Crippen molar-refractivity contribution in [3.05, 3.63) is 120 Å². The highest BCUT2D eigenvalue weighted by Crippen LogP contribution is 2.55. The van der Waals surface area contributed by atoms with Crippen LogP contribution in [0.4, 0.5) is 0 Å². The van der Waals surface area contributed by atoms with Crippen LogP contribution in [0.3, 0.4) is 0 Å². The molecule has 0 unspecified atom stereocenters. The topological polar surface area (TPSA) is 43.4 Å². The molecule has 0 spiro atoms. The number of hydrogen-bond donors (Lipinski definition) is 0. The van der Waals surface area contributed by atoms with Crippen molar-refractivity contribution < 1.29 is 14.3 Å². The van der Waals surface area contributed by atoms with Gasteiger partial charge in [0.2, 0.25) is 0 Å². The van der Waals surface area contributed by atoms with Crippen LogP contribution in [-0.2, 0) is 4.74 Å². The van der Waals surface area contributed by atoms with E-state index >= 15 is 0 Å². The monoisotopic (exact) mass is 562 g/mol. The van der Waals surface area contributed by atoms with Crippen LogP contribution in [0.1, 0.15) is 20.7 Å². The first-order valence-electron chi connectivity index (χ1n) is 13.4. The summed E-state index contributed by atoms with van der Waals surface area (Å²) < 4.78 is 10.2. The predicted octanol–water partition coefficient (Wildman–Crippen LogP) is 10.2. The van der Waals surface area contributed by atoms with Gasteiger partial charge in [-0.15, -0.1) is 22.7 Å². The third-order valence-corrected chi connectivity index (χ3v) is 10.6. The van der Waals surface area contributed by atoms with E-state index in [1.165, 1.54) is 18.8 Å². The summed E-state index contributed by atoms with van der Waals surface area (Å²) in [6.45, 7) is 0. The summed E-state index contributed by atoms with van der Waals surface area (Å²) in [6.07, 6.45) is 0. The van der Waals surface area contributed by atoms with Crippen molar-refractivity contribution in [3.63, 3.8) is 0 Å². The van der Waals surface area contributed by atoms with Crippen molar-refractivity contribution in [3.8, 4) is 22.3 Å². The van der Waals surface area contributed by atoms with Gasteiger partial charge in [0.05, 0.1) is 20.5 Å². The van der Waals surface area contributed by atoms with Gasteiger partial charge in [-0.25, -0.2) is 9.59 Å². The summed E-state index contributed by atoms with van der Waals surface area (Å²) in [5.41, 5.74) is 3.99. The molecular weight excluding hydrogens is 545 g/mol. The summed E-state index contributed by atoms with van der Waals surface area (Å²) in [5.74, 6) is -1.18. The predicted molar refractivity (Wildman–Crippen MR) is 170 cm³/mol. The van der Waals surface area contributed by atoms with Crippen LogP contribution < -0.4 is 0 Å². The van der Waals surface area contributed by atoms with Gasteiger partial charge in [-0.1, -0.05) is 97.1 Å². The Balaban J connectivity index is 1.72. The summed E-state index contributed by atoms with van der Waals surface area (Å²) in [6, 6.07) is 36.8. The van der Waals surface area contributed by atoms with E-state index < -0.39 is 11.9 Å². The van der Waals surface area contributed by atoms with Crippen molar-refractivity contribution in [2.45, 2.75) is 0 Å². The van der Waals surface area contributed by atoms with Crippen LogP contribution in [0.2, 0.25) is 0 Å². The quantitative estimate of drug-likeness (QED) is 0.155. The molecule has 0 amide bonds. The second-order valence-corrected chi connectivity index (χ2v) is 12.4. The molecule has 0 saturated carbocycles. The number of esters is 2. The number of cyclic esters (lactones) is 2. The van der Waals surface area contributed by atoms with Gasteiger partial charge in [0.1, 0.15) is 0 Å². The maximum atomic E-state index is 13.6. The first kappa shape index (κ1) is 22.9. The minimum atomic E-state index is -0.592. The Morgan fingerprint density at radius 1 is 0.415 bits per heavy atom. The van der Waals surface area contributed by atoms with Crippen molar-refractivity contribution in [2.24, 2.45) is 0 Å². The summed E-state index contributed by atoms with van der Waals surface area (Å²) in [4.78, 5) is 27.2.